The average Bonchev–Trinajstić information content (AvgIpc) is 2.74. The summed E-state index contributed by atoms with van der Waals surface area (Å²) in [6.45, 7) is 3.28. The number of rotatable bonds is 2. The van der Waals surface area contributed by atoms with E-state index in [1.54, 1.807) is 0 Å². The topological polar surface area (TPSA) is 54.5 Å². The van der Waals surface area contributed by atoms with E-state index in [2.05, 4.69) is 15.2 Å². The van der Waals surface area contributed by atoms with Crippen LogP contribution in [0.25, 0.3) is 0 Å². The number of amides is 1. The van der Waals surface area contributed by atoms with Crippen molar-refractivity contribution in [1.82, 2.24) is 15.2 Å². The zero-order valence-corrected chi connectivity index (χ0v) is 13.6. The number of carbonyl (C=O) groups is 1. The van der Waals surface area contributed by atoms with Crippen LogP contribution < -0.4 is 10.1 Å². The maximum absolute atomic E-state index is 12.3. The lowest BCUT2D eigenvalue weighted by molar-refractivity contribution is -0.00705. The smallest absolute Gasteiger partial charge is 0.255 e. The summed E-state index contributed by atoms with van der Waals surface area (Å²) in [6, 6.07) is 11.6. The molecule has 0 aliphatic carbocycles. The molecular formula is C19H21N3O2. The van der Waals surface area contributed by atoms with Crippen molar-refractivity contribution in [3.8, 4) is 5.75 Å². The van der Waals surface area contributed by atoms with Gasteiger partial charge in [0.2, 0.25) is 0 Å². The molecular weight excluding hydrogens is 302 g/mol. The minimum Gasteiger partial charge on any atom is -0.483 e. The molecule has 2 aliphatic rings. The van der Waals surface area contributed by atoms with Crippen molar-refractivity contribution in [2.24, 2.45) is 0 Å². The Morgan fingerprint density at radius 2 is 2.04 bits per heavy atom. The first-order chi connectivity index (χ1) is 11.7. The van der Waals surface area contributed by atoms with E-state index in [9.17, 15) is 4.79 Å². The monoisotopic (exact) mass is 323 g/mol. The molecule has 0 radical (unpaired) electrons. The van der Waals surface area contributed by atoms with Crippen LogP contribution in [-0.4, -0.2) is 41.0 Å². The molecule has 124 valence electrons. The summed E-state index contributed by atoms with van der Waals surface area (Å²) in [5.41, 5.74) is 1.52. The predicted octanol–water partition coefficient (Wildman–Crippen LogP) is 2.24. The van der Waals surface area contributed by atoms with Gasteiger partial charge in [0.05, 0.1) is 12.1 Å². The summed E-state index contributed by atoms with van der Waals surface area (Å²) in [5.74, 6) is 0.645. The van der Waals surface area contributed by atoms with E-state index in [0.29, 0.717) is 17.9 Å². The van der Waals surface area contributed by atoms with E-state index in [4.69, 9.17) is 4.74 Å². The lowest BCUT2D eigenvalue weighted by Gasteiger charge is -2.42. The molecule has 1 aromatic heterocycles. The number of piperidine rings is 1. The van der Waals surface area contributed by atoms with Crippen molar-refractivity contribution in [2.75, 3.05) is 19.6 Å². The van der Waals surface area contributed by atoms with E-state index in [0.717, 1.165) is 32.5 Å². The van der Waals surface area contributed by atoms with Crippen molar-refractivity contribution in [1.29, 1.82) is 0 Å². The number of pyridine rings is 1. The second-order valence-corrected chi connectivity index (χ2v) is 6.63. The number of nitrogens with one attached hydrogen (secondary N) is 1. The SMILES string of the molecule is O=C1NC[C@]2(CCCN(Cc3ccncc3)C2)Oc2ccccc21. The normalized spacial score (nSPS) is 23.9. The summed E-state index contributed by atoms with van der Waals surface area (Å²) >= 11 is 0. The first-order valence-corrected chi connectivity index (χ1v) is 8.42. The molecule has 24 heavy (non-hydrogen) atoms. The fraction of sp³-hybridized carbons (Fsp3) is 0.368. The molecule has 2 aliphatic heterocycles. The number of nitrogens with zero attached hydrogens (tertiary/aromatic N) is 2. The highest BCUT2D eigenvalue weighted by molar-refractivity contribution is 5.97. The first kappa shape index (κ1) is 15.1. The number of benzene rings is 1. The lowest BCUT2D eigenvalue weighted by Crippen LogP contribution is -2.56. The fourth-order valence-electron chi connectivity index (χ4n) is 3.65. The highest BCUT2D eigenvalue weighted by atomic mass is 16.5. The van der Waals surface area contributed by atoms with Crippen LogP contribution in [0.5, 0.6) is 5.75 Å². The summed E-state index contributed by atoms with van der Waals surface area (Å²) < 4.78 is 6.39. The van der Waals surface area contributed by atoms with Crippen LogP contribution in [0.2, 0.25) is 0 Å². The number of hydrogen-bond donors (Lipinski definition) is 1. The van der Waals surface area contributed by atoms with Gasteiger partial charge in [0.1, 0.15) is 11.4 Å². The van der Waals surface area contributed by atoms with Gasteiger partial charge in [-0.2, -0.15) is 0 Å². The molecule has 1 N–H and O–H groups in total. The predicted molar refractivity (Wildman–Crippen MR) is 90.9 cm³/mol. The Bertz CT molecular complexity index is 734. The lowest BCUT2D eigenvalue weighted by atomic mass is 9.92. The molecule has 0 unspecified atom stereocenters. The molecule has 2 aromatic rings. The van der Waals surface area contributed by atoms with Gasteiger partial charge in [0, 0.05) is 25.5 Å². The van der Waals surface area contributed by atoms with E-state index < -0.39 is 0 Å². The van der Waals surface area contributed by atoms with Crippen molar-refractivity contribution in [2.45, 2.75) is 25.0 Å². The van der Waals surface area contributed by atoms with Gasteiger partial charge < -0.3 is 10.1 Å². The third-order valence-electron chi connectivity index (χ3n) is 4.80. The van der Waals surface area contributed by atoms with E-state index >= 15 is 0 Å². The van der Waals surface area contributed by atoms with Crippen molar-refractivity contribution < 1.29 is 9.53 Å². The molecule has 1 atom stereocenters. The van der Waals surface area contributed by atoms with Gasteiger partial charge in [-0.3, -0.25) is 14.7 Å². The van der Waals surface area contributed by atoms with Gasteiger partial charge in [0.25, 0.3) is 5.91 Å². The molecule has 3 heterocycles. The number of para-hydroxylation sites is 1. The van der Waals surface area contributed by atoms with Gasteiger partial charge in [-0.1, -0.05) is 12.1 Å². The van der Waals surface area contributed by atoms with E-state index in [-0.39, 0.29) is 11.5 Å². The van der Waals surface area contributed by atoms with Crippen molar-refractivity contribution >= 4 is 5.91 Å². The van der Waals surface area contributed by atoms with Crippen LogP contribution in [-0.2, 0) is 6.54 Å². The van der Waals surface area contributed by atoms with Gasteiger partial charge in [-0.15, -0.1) is 0 Å². The number of fused-ring (bicyclic) bond motifs is 1. The molecule has 1 fully saturated rings. The molecule has 5 nitrogen and oxygen atoms in total. The Balaban J connectivity index is 1.55. The van der Waals surface area contributed by atoms with Crippen LogP contribution in [0, 0.1) is 0 Å². The van der Waals surface area contributed by atoms with Crippen molar-refractivity contribution in [3.05, 3.63) is 59.9 Å². The standard InChI is InChI=1S/C19H21N3O2/c23-18-16-4-1-2-5-17(16)24-19(13-21-18)8-3-11-22(14-19)12-15-6-9-20-10-7-15/h1-2,4-7,9-10H,3,8,11-14H2,(H,21,23)/t19-/m0/s1. The number of carbonyl (C=O) groups excluding carboxylic acids is 1. The molecule has 0 saturated carbocycles. The minimum atomic E-state index is -0.354. The highest BCUT2D eigenvalue weighted by Crippen LogP contribution is 2.32. The van der Waals surface area contributed by atoms with Gasteiger partial charge in [-0.05, 0) is 49.2 Å². The summed E-state index contributed by atoms with van der Waals surface area (Å²) in [7, 11) is 0. The Morgan fingerprint density at radius 1 is 1.21 bits per heavy atom. The molecule has 0 bridgehead atoms. The Labute approximate surface area is 141 Å². The average molecular weight is 323 g/mol. The van der Waals surface area contributed by atoms with Gasteiger partial charge >= 0.3 is 0 Å². The molecule has 5 heteroatoms. The van der Waals surface area contributed by atoms with Crippen LogP contribution in [0.3, 0.4) is 0 Å². The number of hydrogen-bond acceptors (Lipinski definition) is 4. The number of likely N-dealkylation sites (tertiary alicyclic amines) is 1. The summed E-state index contributed by atoms with van der Waals surface area (Å²) in [6.07, 6.45) is 5.67. The van der Waals surface area contributed by atoms with Crippen LogP contribution >= 0.6 is 0 Å². The second kappa shape index (κ2) is 6.24. The second-order valence-electron chi connectivity index (χ2n) is 6.63. The fourth-order valence-corrected chi connectivity index (χ4v) is 3.65. The maximum Gasteiger partial charge on any atom is 0.255 e. The largest absolute Gasteiger partial charge is 0.483 e. The van der Waals surface area contributed by atoms with Gasteiger partial charge in [-0.25, -0.2) is 0 Å². The Kier molecular flexibility index (Phi) is 3.94. The van der Waals surface area contributed by atoms with Crippen LogP contribution in [0.15, 0.2) is 48.8 Å². The molecule has 1 saturated heterocycles. The zero-order chi connectivity index (χ0) is 16.4. The molecule has 4 rings (SSSR count). The highest BCUT2D eigenvalue weighted by Gasteiger charge is 2.40. The van der Waals surface area contributed by atoms with Crippen LogP contribution in [0.1, 0.15) is 28.8 Å². The van der Waals surface area contributed by atoms with Crippen molar-refractivity contribution in [3.63, 3.8) is 0 Å². The Hall–Kier alpha value is -2.40. The minimum absolute atomic E-state index is 0.0475. The Morgan fingerprint density at radius 3 is 2.92 bits per heavy atom. The number of ether oxygens (including phenoxy) is 1. The summed E-state index contributed by atoms with van der Waals surface area (Å²) in [5, 5.41) is 3.05. The van der Waals surface area contributed by atoms with Crippen LogP contribution in [0.4, 0.5) is 0 Å². The summed E-state index contributed by atoms with van der Waals surface area (Å²) in [4.78, 5) is 18.8. The first-order valence-electron chi connectivity index (χ1n) is 8.42. The van der Waals surface area contributed by atoms with Gasteiger partial charge in [0.15, 0.2) is 0 Å². The van der Waals surface area contributed by atoms with E-state index in [1.807, 2.05) is 48.8 Å². The number of aromatic nitrogens is 1. The zero-order valence-electron chi connectivity index (χ0n) is 13.6. The quantitative estimate of drug-likeness (QED) is 0.921. The molecule has 1 aromatic carbocycles. The third-order valence-corrected chi connectivity index (χ3v) is 4.80. The molecule has 1 spiro atoms. The van der Waals surface area contributed by atoms with E-state index in [1.165, 1.54) is 5.56 Å². The molecule has 1 amide bonds. The maximum atomic E-state index is 12.3. The third kappa shape index (κ3) is 2.99.